The number of rotatable bonds is 5. The lowest BCUT2D eigenvalue weighted by atomic mass is 9.99. The Hall–Kier alpha value is -0.800. The van der Waals surface area contributed by atoms with Crippen LogP contribution in [0.4, 0.5) is 0 Å². The zero-order valence-electron chi connectivity index (χ0n) is 12.0. The van der Waals surface area contributed by atoms with E-state index in [1.807, 2.05) is 0 Å². The first-order valence-electron chi connectivity index (χ1n) is 7.20. The van der Waals surface area contributed by atoms with E-state index in [4.69, 9.17) is 4.42 Å². The van der Waals surface area contributed by atoms with Crippen LogP contribution in [-0.2, 0) is 13.1 Å². The number of hydrogen-bond acceptors (Lipinski definition) is 3. The highest BCUT2D eigenvalue weighted by molar-refractivity contribution is 5.20. The number of nitrogens with zero attached hydrogens (tertiary/aromatic N) is 1. The van der Waals surface area contributed by atoms with Gasteiger partial charge < -0.3 is 9.73 Å². The maximum absolute atomic E-state index is 5.79. The third-order valence-corrected chi connectivity index (χ3v) is 3.89. The molecule has 0 bridgehead atoms. The summed E-state index contributed by atoms with van der Waals surface area (Å²) in [5.41, 5.74) is 1.36. The molecular weight excluding hydrogens is 224 g/mol. The average Bonchev–Trinajstić information content (AvgIpc) is 2.70. The Labute approximate surface area is 111 Å². The van der Waals surface area contributed by atoms with Gasteiger partial charge in [0.05, 0.1) is 6.54 Å². The van der Waals surface area contributed by atoms with Crippen LogP contribution in [0.1, 0.15) is 43.8 Å². The minimum Gasteiger partial charge on any atom is -0.465 e. The first kappa shape index (κ1) is 13.6. The van der Waals surface area contributed by atoms with E-state index in [1.54, 1.807) is 0 Å². The van der Waals surface area contributed by atoms with Crippen molar-refractivity contribution in [3.05, 3.63) is 23.2 Å². The van der Waals surface area contributed by atoms with Gasteiger partial charge in [-0.1, -0.05) is 13.8 Å². The molecule has 0 amide bonds. The summed E-state index contributed by atoms with van der Waals surface area (Å²) in [5, 5.41) is 3.31. The number of likely N-dealkylation sites (tertiary alicyclic amines) is 1. The smallest absolute Gasteiger partial charge is 0.118 e. The summed E-state index contributed by atoms with van der Waals surface area (Å²) in [4.78, 5) is 2.55. The molecule has 1 aliphatic heterocycles. The van der Waals surface area contributed by atoms with Gasteiger partial charge in [0, 0.05) is 12.1 Å². The second-order valence-electron chi connectivity index (χ2n) is 5.53. The molecule has 18 heavy (non-hydrogen) atoms. The molecule has 0 radical (unpaired) electrons. The van der Waals surface area contributed by atoms with Crippen LogP contribution in [0.2, 0.25) is 0 Å². The Morgan fingerprint density at radius 1 is 1.39 bits per heavy atom. The summed E-state index contributed by atoms with van der Waals surface area (Å²) in [6.07, 6.45) is 2.67. The lowest BCUT2D eigenvalue weighted by Gasteiger charge is -2.29. The molecule has 0 saturated carbocycles. The molecule has 1 saturated heterocycles. The highest BCUT2D eigenvalue weighted by atomic mass is 16.3. The monoisotopic (exact) mass is 250 g/mol. The molecule has 1 aliphatic rings. The van der Waals surface area contributed by atoms with Gasteiger partial charge >= 0.3 is 0 Å². The summed E-state index contributed by atoms with van der Waals surface area (Å²) in [6, 6.07) is 2.22. The Balaban J connectivity index is 1.90. The Bertz CT molecular complexity index is 365. The van der Waals surface area contributed by atoms with Crippen LogP contribution >= 0.6 is 0 Å². The molecule has 0 spiro atoms. The SMILES string of the molecule is CCNCc1cc(CN2CCC(C)CC2)c(C)o1. The Kier molecular flexibility index (Phi) is 4.84. The second kappa shape index (κ2) is 6.39. The quantitative estimate of drug-likeness (QED) is 0.871. The highest BCUT2D eigenvalue weighted by Crippen LogP contribution is 2.21. The van der Waals surface area contributed by atoms with Gasteiger partial charge in [0.25, 0.3) is 0 Å². The van der Waals surface area contributed by atoms with Gasteiger partial charge in [0.2, 0.25) is 0 Å². The number of furan rings is 1. The van der Waals surface area contributed by atoms with Gasteiger partial charge in [-0.2, -0.15) is 0 Å². The predicted octanol–water partition coefficient (Wildman–Crippen LogP) is 2.93. The normalized spacial score (nSPS) is 18.4. The molecule has 1 aromatic heterocycles. The molecule has 0 aliphatic carbocycles. The van der Waals surface area contributed by atoms with Crippen molar-refractivity contribution in [2.24, 2.45) is 5.92 Å². The third-order valence-electron chi connectivity index (χ3n) is 3.89. The lowest BCUT2D eigenvalue weighted by Crippen LogP contribution is -2.32. The van der Waals surface area contributed by atoms with E-state index < -0.39 is 0 Å². The Morgan fingerprint density at radius 2 is 2.11 bits per heavy atom. The molecule has 1 N–H and O–H groups in total. The van der Waals surface area contributed by atoms with Crippen molar-refractivity contribution in [2.75, 3.05) is 19.6 Å². The van der Waals surface area contributed by atoms with Crippen LogP contribution < -0.4 is 5.32 Å². The van der Waals surface area contributed by atoms with Crippen LogP contribution in [0.3, 0.4) is 0 Å². The summed E-state index contributed by atoms with van der Waals surface area (Å²) in [6.45, 7) is 11.9. The van der Waals surface area contributed by atoms with Gasteiger partial charge in [0.15, 0.2) is 0 Å². The van der Waals surface area contributed by atoms with Gasteiger partial charge in [-0.25, -0.2) is 0 Å². The fourth-order valence-corrected chi connectivity index (χ4v) is 2.54. The van der Waals surface area contributed by atoms with Crippen molar-refractivity contribution < 1.29 is 4.42 Å². The van der Waals surface area contributed by atoms with Crippen LogP contribution in [0.25, 0.3) is 0 Å². The van der Waals surface area contributed by atoms with Crippen LogP contribution in [0, 0.1) is 12.8 Å². The first-order chi connectivity index (χ1) is 8.69. The largest absolute Gasteiger partial charge is 0.465 e. The predicted molar refractivity (Wildman–Crippen MR) is 74.5 cm³/mol. The van der Waals surface area contributed by atoms with Crippen LogP contribution in [-0.4, -0.2) is 24.5 Å². The second-order valence-corrected chi connectivity index (χ2v) is 5.53. The number of hydrogen-bond donors (Lipinski definition) is 1. The molecule has 3 nitrogen and oxygen atoms in total. The summed E-state index contributed by atoms with van der Waals surface area (Å²) < 4.78 is 5.79. The number of piperidine rings is 1. The molecule has 2 rings (SSSR count). The van der Waals surface area contributed by atoms with E-state index in [0.717, 1.165) is 37.1 Å². The van der Waals surface area contributed by atoms with Crippen molar-refractivity contribution in [3.63, 3.8) is 0 Å². The first-order valence-corrected chi connectivity index (χ1v) is 7.20. The van der Waals surface area contributed by atoms with Crippen molar-refractivity contribution in [2.45, 2.75) is 46.7 Å². The lowest BCUT2D eigenvalue weighted by molar-refractivity contribution is 0.184. The maximum atomic E-state index is 5.79. The molecule has 3 heteroatoms. The standard InChI is InChI=1S/C15H26N2O/c1-4-16-10-15-9-14(13(3)18-15)11-17-7-5-12(2)6-8-17/h9,12,16H,4-8,10-11H2,1-3H3. The summed E-state index contributed by atoms with van der Waals surface area (Å²) in [5.74, 6) is 3.05. The van der Waals surface area contributed by atoms with E-state index in [0.29, 0.717) is 0 Å². The molecule has 1 aromatic rings. The highest BCUT2D eigenvalue weighted by Gasteiger charge is 2.17. The van der Waals surface area contributed by atoms with E-state index in [1.165, 1.54) is 31.5 Å². The molecule has 0 unspecified atom stereocenters. The molecular formula is C15H26N2O. The van der Waals surface area contributed by atoms with E-state index >= 15 is 0 Å². The van der Waals surface area contributed by atoms with E-state index in [2.05, 4.69) is 37.1 Å². The fourth-order valence-electron chi connectivity index (χ4n) is 2.54. The number of nitrogens with one attached hydrogen (secondary N) is 1. The minimum absolute atomic E-state index is 0.842. The third kappa shape index (κ3) is 3.59. The van der Waals surface area contributed by atoms with E-state index in [9.17, 15) is 0 Å². The zero-order valence-corrected chi connectivity index (χ0v) is 12.0. The van der Waals surface area contributed by atoms with Crippen LogP contribution in [0.5, 0.6) is 0 Å². The van der Waals surface area contributed by atoms with Gasteiger partial charge in [0.1, 0.15) is 11.5 Å². The summed E-state index contributed by atoms with van der Waals surface area (Å²) >= 11 is 0. The molecule has 2 heterocycles. The maximum Gasteiger partial charge on any atom is 0.118 e. The zero-order chi connectivity index (χ0) is 13.0. The Morgan fingerprint density at radius 3 is 2.78 bits per heavy atom. The topological polar surface area (TPSA) is 28.4 Å². The van der Waals surface area contributed by atoms with E-state index in [-0.39, 0.29) is 0 Å². The number of aryl methyl sites for hydroxylation is 1. The summed E-state index contributed by atoms with van der Waals surface area (Å²) in [7, 11) is 0. The van der Waals surface area contributed by atoms with Crippen LogP contribution in [0.15, 0.2) is 10.5 Å². The molecule has 1 fully saturated rings. The average molecular weight is 250 g/mol. The molecule has 0 atom stereocenters. The molecule has 102 valence electrons. The van der Waals surface area contributed by atoms with Gasteiger partial charge in [-0.15, -0.1) is 0 Å². The van der Waals surface area contributed by atoms with Gasteiger partial charge in [-0.05, 0) is 51.4 Å². The van der Waals surface area contributed by atoms with Crippen molar-refractivity contribution >= 4 is 0 Å². The van der Waals surface area contributed by atoms with Crippen molar-refractivity contribution in [1.29, 1.82) is 0 Å². The minimum atomic E-state index is 0.842. The van der Waals surface area contributed by atoms with Crippen molar-refractivity contribution in [1.82, 2.24) is 10.2 Å². The van der Waals surface area contributed by atoms with Crippen molar-refractivity contribution in [3.8, 4) is 0 Å². The molecule has 0 aromatic carbocycles. The van der Waals surface area contributed by atoms with Gasteiger partial charge in [-0.3, -0.25) is 4.90 Å². The fraction of sp³-hybridized carbons (Fsp3) is 0.733.